The number of anilines is 1. The second-order valence-corrected chi connectivity index (χ2v) is 4.96. The molecule has 2 rings (SSSR count). The van der Waals surface area contributed by atoms with Crippen LogP contribution in [0.15, 0.2) is 24.3 Å². The van der Waals surface area contributed by atoms with Gasteiger partial charge in [0.15, 0.2) is 5.82 Å². The molecule has 0 unspecified atom stereocenters. The van der Waals surface area contributed by atoms with Crippen molar-refractivity contribution in [3.05, 3.63) is 40.9 Å². The number of aryl methyl sites for hydroxylation is 1. The molecule has 2 aromatic rings. The van der Waals surface area contributed by atoms with Gasteiger partial charge in [0.25, 0.3) is 0 Å². The molecule has 0 fully saturated rings. The van der Waals surface area contributed by atoms with Crippen LogP contribution in [0.2, 0.25) is 5.02 Å². The van der Waals surface area contributed by atoms with Crippen LogP contribution in [0, 0.1) is 0 Å². The van der Waals surface area contributed by atoms with E-state index in [2.05, 4.69) is 29.2 Å². The molecule has 0 aliphatic heterocycles. The van der Waals surface area contributed by atoms with Gasteiger partial charge in [-0.3, -0.25) is 4.68 Å². The number of rotatable bonds is 4. The Morgan fingerprint density at radius 2 is 2.17 bits per heavy atom. The van der Waals surface area contributed by atoms with E-state index < -0.39 is 0 Å². The Labute approximate surface area is 112 Å². The zero-order chi connectivity index (χ0) is 13.1. The molecular weight excluding hydrogens is 248 g/mol. The van der Waals surface area contributed by atoms with E-state index in [1.165, 1.54) is 0 Å². The summed E-state index contributed by atoms with van der Waals surface area (Å²) in [5.41, 5.74) is 0.983. The first kappa shape index (κ1) is 12.9. The van der Waals surface area contributed by atoms with Crippen molar-refractivity contribution >= 4 is 17.3 Å². The first-order valence-corrected chi connectivity index (χ1v) is 6.33. The molecule has 1 N–H and O–H groups in total. The minimum Gasteiger partial charge on any atom is -0.378 e. The molecule has 0 spiro atoms. The minimum absolute atomic E-state index is 0.344. The molecule has 4 nitrogen and oxygen atoms in total. The number of halogens is 1. The van der Waals surface area contributed by atoms with Crippen molar-refractivity contribution in [2.45, 2.75) is 26.3 Å². The standard InChI is InChI=1S/C13H17ClN4/c1-9(2)13-16-12(18(3)17-13)8-15-11-6-4-5-10(14)7-11/h4-7,9,15H,8H2,1-3H3. The van der Waals surface area contributed by atoms with Gasteiger partial charge in [0, 0.05) is 23.7 Å². The molecule has 0 saturated heterocycles. The Morgan fingerprint density at radius 3 is 2.78 bits per heavy atom. The topological polar surface area (TPSA) is 42.7 Å². The summed E-state index contributed by atoms with van der Waals surface area (Å²) in [5, 5.41) is 8.39. The predicted octanol–water partition coefficient (Wildman–Crippen LogP) is 3.20. The van der Waals surface area contributed by atoms with Gasteiger partial charge in [-0.1, -0.05) is 31.5 Å². The average molecular weight is 265 g/mol. The van der Waals surface area contributed by atoms with Crippen molar-refractivity contribution in [1.29, 1.82) is 0 Å². The molecule has 0 amide bonds. The second-order valence-electron chi connectivity index (χ2n) is 4.53. The van der Waals surface area contributed by atoms with Gasteiger partial charge in [0.05, 0.1) is 6.54 Å². The molecule has 18 heavy (non-hydrogen) atoms. The number of nitrogens with one attached hydrogen (secondary N) is 1. The van der Waals surface area contributed by atoms with Gasteiger partial charge >= 0.3 is 0 Å². The highest BCUT2D eigenvalue weighted by Crippen LogP contribution is 2.16. The van der Waals surface area contributed by atoms with Crippen molar-refractivity contribution in [2.75, 3.05) is 5.32 Å². The van der Waals surface area contributed by atoms with E-state index in [9.17, 15) is 0 Å². The summed E-state index contributed by atoms with van der Waals surface area (Å²) >= 11 is 5.93. The van der Waals surface area contributed by atoms with Crippen LogP contribution < -0.4 is 5.32 Å². The molecule has 0 aliphatic carbocycles. The zero-order valence-electron chi connectivity index (χ0n) is 10.8. The van der Waals surface area contributed by atoms with Crippen molar-refractivity contribution in [2.24, 2.45) is 7.05 Å². The lowest BCUT2D eigenvalue weighted by molar-refractivity contribution is 0.687. The van der Waals surface area contributed by atoms with E-state index in [0.717, 1.165) is 22.4 Å². The average Bonchev–Trinajstić information content (AvgIpc) is 2.68. The van der Waals surface area contributed by atoms with Gasteiger partial charge in [0.2, 0.25) is 0 Å². The molecule has 5 heteroatoms. The summed E-state index contributed by atoms with van der Waals surface area (Å²) < 4.78 is 1.81. The van der Waals surface area contributed by atoms with Crippen molar-refractivity contribution in [3.8, 4) is 0 Å². The number of hydrogen-bond acceptors (Lipinski definition) is 3. The summed E-state index contributed by atoms with van der Waals surface area (Å²) in [7, 11) is 1.91. The second kappa shape index (κ2) is 5.40. The number of aromatic nitrogens is 3. The minimum atomic E-state index is 0.344. The number of hydrogen-bond donors (Lipinski definition) is 1. The summed E-state index contributed by atoms with van der Waals surface area (Å²) in [6.45, 7) is 4.81. The van der Waals surface area contributed by atoms with Crippen molar-refractivity contribution < 1.29 is 0 Å². The molecule has 0 bridgehead atoms. The van der Waals surface area contributed by atoms with Gasteiger partial charge in [-0.05, 0) is 18.2 Å². The third kappa shape index (κ3) is 3.01. The summed E-state index contributed by atoms with van der Waals surface area (Å²) in [6, 6.07) is 7.64. The maximum absolute atomic E-state index is 5.93. The van der Waals surface area contributed by atoms with Gasteiger partial charge in [-0.25, -0.2) is 4.98 Å². The van der Waals surface area contributed by atoms with Crippen LogP contribution in [0.3, 0.4) is 0 Å². The van der Waals surface area contributed by atoms with Crippen LogP contribution in [-0.2, 0) is 13.6 Å². The number of nitrogens with zero attached hydrogens (tertiary/aromatic N) is 3. The maximum atomic E-state index is 5.93. The lowest BCUT2D eigenvalue weighted by Gasteiger charge is -2.05. The highest BCUT2D eigenvalue weighted by Gasteiger charge is 2.09. The quantitative estimate of drug-likeness (QED) is 0.922. The monoisotopic (exact) mass is 264 g/mol. The first-order valence-electron chi connectivity index (χ1n) is 5.95. The Hall–Kier alpha value is -1.55. The third-order valence-electron chi connectivity index (χ3n) is 2.66. The molecule has 96 valence electrons. The molecule has 1 aromatic carbocycles. The lowest BCUT2D eigenvalue weighted by Crippen LogP contribution is -2.06. The van der Waals surface area contributed by atoms with E-state index in [-0.39, 0.29) is 0 Å². The largest absolute Gasteiger partial charge is 0.378 e. The summed E-state index contributed by atoms with van der Waals surface area (Å²) in [5.74, 6) is 2.13. The summed E-state index contributed by atoms with van der Waals surface area (Å²) in [6.07, 6.45) is 0. The Bertz CT molecular complexity index is 534. The van der Waals surface area contributed by atoms with Gasteiger partial charge in [-0.15, -0.1) is 0 Å². The Kier molecular flexibility index (Phi) is 3.87. The van der Waals surface area contributed by atoms with Gasteiger partial charge in [-0.2, -0.15) is 5.10 Å². The Balaban J connectivity index is 2.06. The van der Waals surface area contributed by atoms with E-state index in [4.69, 9.17) is 11.6 Å². The van der Waals surface area contributed by atoms with Crippen LogP contribution in [0.5, 0.6) is 0 Å². The summed E-state index contributed by atoms with van der Waals surface area (Å²) in [4.78, 5) is 4.50. The smallest absolute Gasteiger partial charge is 0.153 e. The van der Waals surface area contributed by atoms with Gasteiger partial charge in [0.1, 0.15) is 5.82 Å². The highest BCUT2D eigenvalue weighted by atomic mass is 35.5. The van der Waals surface area contributed by atoms with Crippen LogP contribution in [-0.4, -0.2) is 14.8 Å². The SMILES string of the molecule is CC(C)c1nc(CNc2cccc(Cl)c2)n(C)n1. The number of benzene rings is 1. The lowest BCUT2D eigenvalue weighted by atomic mass is 10.2. The van der Waals surface area contributed by atoms with Crippen LogP contribution in [0.1, 0.15) is 31.4 Å². The normalized spacial score (nSPS) is 10.9. The first-order chi connectivity index (χ1) is 8.56. The van der Waals surface area contributed by atoms with E-state index in [1.54, 1.807) is 0 Å². The fraction of sp³-hybridized carbons (Fsp3) is 0.385. The predicted molar refractivity (Wildman–Crippen MR) is 73.9 cm³/mol. The fourth-order valence-corrected chi connectivity index (χ4v) is 1.81. The molecule has 0 atom stereocenters. The molecule has 0 saturated carbocycles. The van der Waals surface area contributed by atoms with E-state index >= 15 is 0 Å². The molecule has 0 radical (unpaired) electrons. The molecule has 1 heterocycles. The van der Waals surface area contributed by atoms with E-state index in [0.29, 0.717) is 12.5 Å². The van der Waals surface area contributed by atoms with E-state index in [1.807, 2.05) is 36.0 Å². The van der Waals surface area contributed by atoms with Crippen LogP contribution in [0.25, 0.3) is 0 Å². The van der Waals surface area contributed by atoms with Crippen molar-refractivity contribution in [1.82, 2.24) is 14.8 Å². The van der Waals surface area contributed by atoms with Crippen LogP contribution >= 0.6 is 11.6 Å². The molecule has 0 aliphatic rings. The zero-order valence-corrected chi connectivity index (χ0v) is 11.6. The molecule has 1 aromatic heterocycles. The maximum Gasteiger partial charge on any atom is 0.153 e. The Morgan fingerprint density at radius 1 is 1.39 bits per heavy atom. The van der Waals surface area contributed by atoms with Gasteiger partial charge < -0.3 is 5.32 Å². The highest BCUT2D eigenvalue weighted by molar-refractivity contribution is 6.30. The fourth-order valence-electron chi connectivity index (χ4n) is 1.62. The van der Waals surface area contributed by atoms with Crippen molar-refractivity contribution in [3.63, 3.8) is 0 Å². The van der Waals surface area contributed by atoms with Crippen LogP contribution in [0.4, 0.5) is 5.69 Å². The third-order valence-corrected chi connectivity index (χ3v) is 2.90. The molecular formula is C13H17ClN4.